The number of hydrogen-bond donors (Lipinski definition) is 2. The first-order valence-corrected chi connectivity index (χ1v) is 6.53. The van der Waals surface area contributed by atoms with E-state index in [1.807, 2.05) is 0 Å². The lowest BCUT2D eigenvalue weighted by atomic mass is 9.85. The molecule has 0 spiro atoms. The number of benzene rings is 1. The highest BCUT2D eigenvalue weighted by Gasteiger charge is 2.44. The Labute approximate surface area is 119 Å². The average Bonchev–Trinajstić information content (AvgIpc) is 2.86. The van der Waals surface area contributed by atoms with E-state index >= 15 is 0 Å². The fourth-order valence-electron chi connectivity index (χ4n) is 2.44. The summed E-state index contributed by atoms with van der Waals surface area (Å²) in [5, 5.41) is 2.36. The fraction of sp³-hybridized carbons (Fsp3) is 0.385. The summed E-state index contributed by atoms with van der Waals surface area (Å²) in [5.41, 5.74) is 4.49. The number of hydrogen-bond acceptors (Lipinski definition) is 2. The van der Waals surface area contributed by atoms with Gasteiger partial charge >= 0.3 is 0 Å². The zero-order valence-electron chi connectivity index (χ0n) is 10.5. The lowest BCUT2D eigenvalue weighted by Gasteiger charge is -2.26. The fourth-order valence-corrected chi connectivity index (χ4v) is 2.74. The van der Waals surface area contributed by atoms with E-state index in [0.717, 1.165) is 25.0 Å². The summed E-state index contributed by atoms with van der Waals surface area (Å²) in [5.74, 6) is -4.81. The van der Waals surface area contributed by atoms with Crippen LogP contribution in [0.5, 0.6) is 0 Å². The van der Waals surface area contributed by atoms with E-state index in [-0.39, 0.29) is 10.7 Å². The molecule has 0 bridgehead atoms. The van der Waals surface area contributed by atoms with Gasteiger partial charge in [0.25, 0.3) is 0 Å². The number of anilines is 1. The Morgan fingerprint density at radius 1 is 1.20 bits per heavy atom. The molecule has 0 radical (unpaired) electrons. The molecule has 1 fully saturated rings. The van der Waals surface area contributed by atoms with Gasteiger partial charge in [-0.1, -0.05) is 25.1 Å². The predicted molar refractivity (Wildman–Crippen MR) is 72.6 cm³/mol. The van der Waals surface area contributed by atoms with Gasteiger partial charge in [0.15, 0.2) is 17.5 Å². The quantitative estimate of drug-likeness (QED) is 0.667. The van der Waals surface area contributed by atoms with Crippen molar-refractivity contribution in [1.82, 2.24) is 0 Å². The molecule has 108 valence electrons. The minimum atomic E-state index is -1.58. The normalized spacial score (nSPS) is 16.9. The lowest BCUT2D eigenvalue weighted by molar-refractivity contribution is -0.122. The van der Waals surface area contributed by atoms with Gasteiger partial charge in [-0.15, -0.1) is 0 Å². The molecular weight excluding hydrogens is 289 g/mol. The van der Waals surface area contributed by atoms with Crippen LogP contribution in [0.25, 0.3) is 0 Å². The number of nitrogens with two attached hydrogens (primary N) is 1. The minimum absolute atomic E-state index is 0.0653. The Morgan fingerprint density at radius 3 is 2.15 bits per heavy atom. The van der Waals surface area contributed by atoms with E-state index in [2.05, 4.69) is 5.32 Å². The van der Waals surface area contributed by atoms with Crippen molar-refractivity contribution < 1.29 is 18.0 Å². The second-order valence-electron chi connectivity index (χ2n) is 4.86. The molecule has 2 rings (SSSR count). The maximum absolute atomic E-state index is 13.1. The van der Waals surface area contributed by atoms with E-state index in [9.17, 15) is 18.0 Å². The maximum Gasteiger partial charge on any atom is 0.237 e. The molecular formula is C13H13F3N2OS. The molecule has 1 saturated carbocycles. The van der Waals surface area contributed by atoms with Gasteiger partial charge < -0.3 is 11.1 Å². The van der Waals surface area contributed by atoms with E-state index in [0.29, 0.717) is 12.8 Å². The van der Waals surface area contributed by atoms with Crippen molar-refractivity contribution in [2.24, 2.45) is 11.1 Å². The summed E-state index contributed by atoms with van der Waals surface area (Å²) in [7, 11) is 0. The van der Waals surface area contributed by atoms with Crippen molar-refractivity contribution in [2.75, 3.05) is 5.32 Å². The Bertz CT molecular complexity index is 548. The van der Waals surface area contributed by atoms with E-state index < -0.39 is 28.8 Å². The molecule has 1 aromatic rings. The van der Waals surface area contributed by atoms with E-state index in [1.165, 1.54) is 0 Å². The number of carbonyl (C=O) groups excluding carboxylic acids is 1. The van der Waals surface area contributed by atoms with Crippen LogP contribution < -0.4 is 11.1 Å². The Balaban J connectivity index is 2.25. The molecule has 0 unspecified atom stereocenters. The van der Waals surface area contributed by atoms with Gasteiger partial charge in [0.2, 0.25) is 5.91 Å². The average molecular weight is 302 g/mol. The second kappa shape index (κ2) is 5.40. The molecule has 0 aliphatic heterocycles. The number of amides is 1. The summed E-state index contributed by atoms with van der Waals surface area (Å²) in [6.07, 6.45) is 2.61. The molecule has 1 aromatic carbocycles. The molecule has 7 heteroatoms. The lowest BCUT2D eigenvalue weighted by Crippen LogP contribution is -2.44. The molecule has 3 nitrogen and oxygen atoms in total. The van der Waals surface area contributed by atoms with Crippen molar-refractivity contribution in [3.05, 3.63) is 29.6 Å². The Hall–Kier alpha value is -1.63. The molecule has 3 N–H and O–H groups in total. The predicted octanol–water partition coefficient (Wildman–Crippen LogP) is 2.89. The topological polar surface area (TPSA) is 55.1 Å². The van der Waals surface area contributed by atoms with Crippen LogP contribution in [0.1, 0.15) is 25.7 Å². The number of halogens is 3. The SMILES string of the molecule is NC(=S)C1(C(=O)Nc2cc(F)c(F)c(F)c2)CCCC1. The first kappa shape index (κ1) is 14.8. The van der Waals surface area contributed by atoms with Crippen LogP contribution in [-0.4, -0.2) is 10.9 Å². The van der Waals surface area contributed by atoms with Crippen LogP contribution in [0.4, 0.5) is 18.9 Å². The van der Waals surface area contributed by atoms with Gasteiger partial charge in [0.05, 0.1) is 10.4 Å². The van der Waals surface area contributed by atoms with Crippen molar-refractivity contribution >= 4 is 28.8 Å². The Kier molecular flexibility index (Phi) is 3.99. The van der Waals surface area contributed by atoms with Gasteiger partial charge in [0.1, 0.15) is 0 Å². The molecule has 1 aliphatic rings. The molecule has 1 aliphatic carbocycles. The largest absolute Gasteiger partial charge is 0.392 e. The summed E-state index contributed by atoms with van der Waals surface area (Å²) in [4.78, 5) is 12.3. The van der Waals surface area contributed by atoms with Gasteiger partial charge in [0, 0.05) is 17.8 Å². The van der Waals surface area contributed by atoms with Crippen molar-refractivity contribution in [3.63, 3.8) is 0 Å². The smallest absolute Gasteiger partial charge is 0.237 e. The highest BCUT2D eigenvalue weighted by atomic mass is 32.1. The number of rotatable bonds is 3. The number of thiocarbonyl (C=S) groups is 1. The summed E-state index contributed by atoms with van der Waals surface area (Å²) < 4.78 is 39.1. The third-order valence-corrected chi connectivity index (χ3v) is 4.00. The minimum Gasteiger partial charge on any atom is -0.392 e. The zero-order chi connectivity index (χ0) is 14.9. The second-order valence-corrected chi connectivity index (χ2v) is 5.30. The Morgan fingerprint density at radius 2 is 1.70 bits per heavy atom. The van der Waals surface area contributed by atoms with Gasteiger partial charge in [-0.25, -0.2) is 13.2 Å². The highest BCUT2D eigenvalue weighted by Crippen LogP contribution is 2.39. The molecule has 0 aromatic heterocycles. The maximum atomic E-state index is 13.1. The molecule has 0 saturated heterocycles. The summed E-state index contributed by atoms with van der Waals surface area (Å²) in [6, 6.07) is 1.44. The first-order chi connectivity index (χ1) is 9.36. The van der Waals surface area contributed by atoms with Gasteiger partial charge in [-0.2, -0.15) is 0 Å². The van der Waals surface area contributed by atoms with Crippen molar-refractivity contribution in [3.8, 4) is 0 Å². The molecule has 20 heavy (non-hydrogen) atoms. The van der Waals surface area contributed by atoms with Crippen LogP contribution in [0.3, 0.4) is 0 Å². The monoisotopic (exact) mass is 302 g/mol. The van der Waals surface area contributed by atoms with E-state index in [1.54, 1.807) is 0 Å². The van der Waals surface area contributed by atoms with Crippen LogP contribution in [0.15, 0.2) is 12.1 Å². The van der Waals surface area contributed by atoms with Crippen LogP contribution in [0.2, 0.25) is 0 Å². The highest BCUT2D eigenvalue weighted by molar-refractivity contribution is 7.80. The molecule has 1 amide bonds. The zero-order valence-corrected chi connectivity index (χ0v) is 11.3. The van der Waals surface area contributed by atoms with Gasteiger partial charge in [-0.3, -0.25) is 4.79 Å². The number of carbonyl (C=O) groups is 1. The van der Waals surface area contributed by atoms with E-state index in [4.69, 9.17) is 18.0 Å². The third-order valence-electron chi connectivity index (χ3n) is 3.61. The van der Waals surface area contributed by atoms with Crippen LogP contribution in [0, 0.1) is 22.9 Å². The molecule has 0 heterocycles. The summed E-state index contributed by atoms with van der Waals surface area (Å²) in [6.45, 7) is 0. The molecule has 0 atom stereocenters. The number of nitrogens with one attached hydrogen (secondary N) is 1. The standard InChI is InChI=1S/C13H13F3N2OS/c14-8-5-7(6-9(15)10(8)16)18-12(19)13(11(17)20)3-1-2-4-13/h5-6H,1-4H2,(H2,17,20)(H,18,19). The van der Waals surface area contributed by atoms with Crippen LogP contribution >= 0.6 is 12.2 Å². The third kappa shape index (κ3) is 2.49. The summed E-state index contributed by atoms with van der Waals surface area (Å²) >= 11 is 4.94. The van der Waals surface area contributed by atoms with Gasteiger partial charge in [-0.05, 0) is 12.8 Å². The van der Waals surface area contributed by atoms with Crippen LogP contribution in [-0.2, 0) is 4.79 Å². The van der Waals surface area contributed by atoms with Crippen molar-refractivity contribution in [2.45, 2.75) is 25.7 Å². The first-order valence-electron chi connectivity index (χ1n) is 6.13. The van der Waals surface area contributed by atoms with Crippen molar-refractivity contribution in [1.29, 1.82) is 0 Å².